The van der Waals surface area contributed by atoms with E-state index in [1.165, 1.54) is 0 Å². The van der Waals surface area contributed by atoms with Crippen LogP contribution in [0, 0.1) is 0 Å². The first-order chi connectivity index (χ1) is 9.40. The zero-order valence-corrected chi connectivity index (χ0v) is 19.1. The first kappa shape index (κ1) is 22.6. The molecule has 0 fully saturated rings. The Morgan fingerprint density at radius 2 is 1.35 bits per heavy atom. The molecule has 11 heteroatoms. The van der Waals surface area contributed by atoms with Gasteiger partial charge in [0.1, 0.15) is 0 Å². The normalized spacial score (nSPS) is 17.9. The molecule has 0 radical (unpaired) electrons. The number of hydrogen-bond donors (Lipinski definition) is 0. The van der Waals surface area contributed by atoms with Crippen molar-refractivity contribution < 1.29 is 18.1 Å². The highest BCUT2D eigenvalue weighted by atomic mass is 79.9. The van der Waals surface area contributed by atoms with E-state index in [2.05, 4.69) is 63.7 Å². The van der Waals surface area contributed by atoms with Gasteiger partial charge in [-0.05, 0) is 0 Å². The van der Waals surface area contributed by atoms with Gasteiger partial charge in [-0.3, -0.25) is 13.6 Å². The average Bonchev–Trinajstić information content (AvgIpc) is 2.48. The third kappa shape index (κ3) is 10.4. The van der Waals surface area contributed by atoms with Gasteiger partial charge in [-0.2, -0.15) is 0 Å². The summed E-state index contributed by atoms with van der Waals surface area (Å²) in [6.45, 7) is 0.335. The van der Waals surface area contributed by atoms with Crippen molar-refractivity contribution in [1.29, 1.82) is 0 Å². The van der Waals surface area contributed by atoms with E-state index in [4.69, 9.17) is 36.8 Å². The minimum atomic E-state index is -3.71. The predicted molar refractivity (Wildman–Crippen MR) is 98.8 cm³/mol. The number of phosphoric ester groups is 1. The van der Waals surface area contributed by atoms with E-state index in [1.807, 2.05) is 0 Å². The fourth-order valence-corrected chi connectivity index (χ4v) is 3.93. The molecular formula is C9H15Br4Cl2O4P. The van der Waals surface area contributed by atoms with Gasteiger partial charge < -0.3 is 0 Å². The van der Waals surface area contributed by atoms with Crippen molar-refractivity contribution >= 4 is 94.7 Å². The zero-order chi connectivity index (χ0) is 15.6. The highest BCUT2D eigenvalue weighted by Gasteiger charge is 2.32. The average molecular weight is 609 g/mol. The van der Waals surface area contributed by atoms with E-state index in [1.54, 1.807) is 0 Å². The van der Waals surface area contributed by atoms with Gasteiger partial charge in [0.25, 0.3) is 0 Å². The largest absolute Gasteiger partial charge is 0.475 e. The van der Waals surface area contributed by atoms with Gasteiger partial charge in [0, 0.05) is 20.3 Å². The summed E-state index contributed by atoms with van der Waals surface area (Å²) in [5.41, 5.74) is 0. The molecule has 0 aromatic rings. The number of phosphoric acid groups is 1. The van der Waals surface area contributed by atoms with Crippen molar-refractivity contribution in [2.75, 3.05) is 35.6 Å². The van der Waals surface area contributed by atoms with Gasteiger partial charge in [-0.25, -0.2) is 4.57 Å². The molecule has 0 bridgehead atoms. The highest BCUT2D eigenvalue weighted by Crippen LogP contribution is 2.51. The van der Waals surface area contributed by atoms with Crippen LogP contribution in [0.15, 0.2) is 0 Å². The number of hydrogen-bond acceptors (Lipinski definition) is 4. The van der Waals surface area contributed by atoms with Crippen LogP contribution in [0.25, 0.3) is 0 Å². The van der Waals surface area contributed by atoms with Crippen LogP contribution in [0.3, 0.4) is 0 Å². The molecule has 0 aliphatic rings. The molecule has 20 heavy (non-hydrogen) atoms. The molecule has 0 spiro atoms. The molecule has 0 rings (SSSR count). The zero-order valence-electron chi connectivity index (χ0n) is 10.3. The number of alkyl halides is 6. The van der Waals surface area contributed by atoms with Crippen molar-refractivity contribution in [3.05, 3.63) is 0 Å². The van der Waals surface area contributed by atoms with Gasteiger partial charge in [0.05, 0.1) is 31.1 Å². The fraction of sp³-hybridized carbons (Fsp3) is 1.00. The maximum atomic E-state index is 12.5. The lowest BCUT2D eigenvalue weighted by Crippen LogP contribution is -2.20. The summed E-state index contributed by atoms with van der Waals surface area (Å²) in [6.07, 6.45) is -0.598. The Hall–Kier alpha value is 2.61. The molecule has 0 aliphatic carbocycles. The summed E-state index contributed by atoms with van der Waals surface area (Å²) in [4.78, 5) is -0.0196. The smallest absolute Gasteiger partial charge is 0.286 e. The summed E-state index contributed by atoms with van der Waals surface area (Å²) in [5, 5.41) is 1.29. The van der Waals surface area contributed by atoms with E-state index in [0.717, 1.165) is 0 Å². The third-order valence-electron chi connectivity index (χ3n) is 1.78. The van der Waals surface area contributed by atoms with Crippen molar-refractivity contribution in [3.63, 3.8) is 0 Å². The van der Waals surface area contributed by atoms with Crippen LogP contribution in [0.2, 0.25) is 0 Å². The van der Waals surface area contributed by atoms with E-state index >= 15 is 0 Å². The van der Waals surface area contributed by atoms with E-state index in [9.17, 15) is 4.57 Å². The van der Waals surface area contributed by atoms with Crippen molar-refractivity contribution in [2.45, 2.75) is 15.8 Å². The minimum absolute atomic E-state index is 0.00980. The predicted octanol–water partition coefficient (Wildman–Crippen LogP) is 5.31. The minimum Gasteiger partial charge on any atom is -0.286 e. The van der Waals surface area contributed by atoms with Gasteiger partial charge in [-0.15, -0.1) is 23.2 Å². The van der Waals surface area contributed by atoms with E-state index in [0.29, 0.717) is 10.7 Å². The molecule has 0 N–H and O–H groups in total. The Morgan fingerprint density at radius 3 is 1.65 bits per heavy atom. The van der Waals surface area contributed by atoms with Gasteiger partial charge in [0.2, 0.25) is 0 Å². The van der Waals surface area contributed by atoms with Crippen LogP contribution >= 0.6 is 94.7 Å². The summed E-state index contributed by atoms with van der Waals surface area (Å²) in [6, 6.07) is 0. The lowest BCUT2D eigenvalue weighted by atomic mass is 10.5. The second kappa shape index (κ2) is 13.0. The second-order valence-electron chi connectivity index (χ2n) is 3.58. The molecule has 0 aromatic heterocycles. The lowest BCUT2D eigenvalue weighted by molar-refractivity contribution is 0.0954. The molecule has 4 nitrogen and oxygen atoms in total. The number of rotatable bonds is 12. The van der Waals surface area contributed by atoms with Gasteiger partial charge >= 0.3 is 7.82 Å². The Kier molecular flexibility index (Phi) is 14.7. The van der Waals surface area contributed by atoms with Crippen LogP contribution < -0.4 is 0 Å². The molecule has 2 unspecified atom stereocenters. The van der Waals surface area contributed by atoms with E-state index in [-0.39, 0.29) is 34.6 Å². The Bertz CT molecular complexity index is 281. The Balaban J connectivity index is 4.60. The molecule has 0 saturated carbocycles. The van der Waals surface area contributed by atoms with E-state index < -0.39 is 13.9 Å². The van der Waals surface area contributed by atoms with Gasteiger partial charge in [0.15, 0.2) is 0 Å². The van der Waals surface area contributed by atoms with Crippen molar-refractivity contribution in [3.8, 4) is 0 Å². The summed E-state index contributed by atoms with van der Waals surface area (Å²) < 4.78 is 28.4. The summed E-state index contributed by atoms with van der Waals surface area (Å²) >= 11 is 24.6. The highest BCUT2D eigenvalue weighted by molar-refractivity contribution is 9.12. The third-order valence-corrected chi connectivity index (χ3v) is 8.44. The first-order valence-electron chi connectivity index (χ1n) is 5.50. The molecule has 2 atom stereocenters. The quantitative estimate of drug-likeness (QED) is 0.223. The van der Waals surface area contributed by atoms with Gasteiger partial charge in [-0.1, -0.05) is 63.7 Å². The monoisotopic (exact) mass is 604 g/mol. The van der Waals surface area contributed by atoms with Crippen LogP contribution in [-0.4, -0.2) is 51.4 Å². The van der Waals surface area contributed by atoms with Crippen LogP contribution in [0.1, 0.15) is 0 Å². The molecule has 0 amide bonds. The molecule has 0 saturated heterocycles. The molecule has 0 aromatic carbocycles. The van der Waals surface area contributed by atoms with Crippen molar-refractivity contribution in [2.24, 2.45) is 0 Å². The fourth-order valence-electron chi connectivity index (χ4n) is 0.812. The standard InChI is InChI=1S/C9H15Br4Cl2O4P/c10-1-7(12)5-17-20(16,18-6-8(13)2-11)19-9(3-14)4-15/h7-9H,1-6H2. The molecule has 0 heterocycles. The maximum absolute atomic E-state index is 12.5. The van der Waals surface area contributed by atoms with Crippen molar-refractivity contribution in [1.82, 2.24) is 0 Å². The topological polar surface area (TPSA) is 44.8 Å². The molecular weight excluding hydrogens is 594 g/mol. The molecule has 122 valence electrons. The Labute approximate surface area is 163 Å². The summed E-state index contributed by atoms with van der Waals surface area (Å²) in [7, 11) is -3.71. The Morgan fingerprint density at radius 1 is 0.950 bits per heavy atom. The molecule has 0 aliphatic heterocycles. The lowest BCUT2D eigenvalue weighted by Gasteiger charge is -2.23. The van der Waals surface area contributed by atoms with Crippen LogP contribution in [0.4, 0.5) is 0 Å². The SMILES string of the molecule is O=P(OCC(Br)CBr)(OCC(Br)CBr)OC(CCl)CCl. The second-order valence-corrected chi connectivity index (χ2v) is 9.70. The number of halogens is 6. The van der Waals surface area contributed by atoms with Crippen LogP contribution in [-0.2, 0) is 18.1 Å². The summed E-state index contributed by atoms with van der Waals surface area (Å²) in [5.74, 6) is 0.208. The van der Waals surface area contributed by atoms with Crippen LogP contribution in [0.5, 0.6) is 0 Å². The maximum Gasteiger partial charge on any atom is 0.475 e. The first-order valence-corrected chi connectivity index (χ1v) is 12.1.